The first kappa shape index (κ1) is 29.4. The Hall–Kier alpha value is -5.65. The molecule has 1 aliphatic heterocycles. The van der Waals surface area contributed by atoms with E-state index in [-0.39, 0.29) is 12.7 Å². The molecule has 0 aliphatic carbocycles. The molecule has 12 heteroatoms. The van der Waals surface area contributed by atoms with Gasteiger partial charge in [0.25, 0.3) is 0 Å². The highest BCUT2D eigenvalue weighted by Gasteiger charge is 2.27. The van der Waals surface area contributed by atoms with E-state index in [0.717, 1.165) is 52.2 Å². The fourth-order valence-electron chi connectivity index (χ4n) is 5.58. The number of likely N-dealkylation sites (tertiary alicyclic amines) is 1. The van der Waals surface area contributed by atoms with Crippen molar-refractivity contribution in [1.29, 1.82) is 0 Å². The van der Waals surface area contributed by atoms with E-state index >= 15 is 0 Å². The summed E-state index contributed by atoms with van der Waals surface area (Å²) in [6.07, 6.45) is 5.58. The molecule has 2 amide bonds. The van der Waals surface area contributed by atoms with Crippen LogP contribution in [0.1, 0.15) is 18.4 Å². The summed E-state index contributed by atoms with van der Waals surface area (Å²) in [6.45, 7) is 2.20. The quantitative estimate of drug-likeness (QED) is 0.136. The molecule has 12 nitrogen and oxygen atoms in total. The Morgan fingerprint density at radius 3 is 2.71 bits per heavy atom. The SMILES string of the molecule is CNc1ccc(Nc2nccc(N(CC3CCN(C(=O)OCc4ccccc4)CC3)c3cccc4[nH]ncc34)n2)cc1NC=O. The number of piperidine rings is 1. The molecule has 3 aromatic carbocycles. The van der Waals surface area contributed by atoms with Crippen LogP contribution < -0.4 is 20.9 Å². The first-order valence-corrected chi connectivity index (χ1v) is 14.9. The average molecular weight is 606 g/mol. The van der Waals surface area contributed by atoms with Gasteiger partial charge in [-0.2, -0.15) is 10.1 Å². The van der Waals surface area contributed by atoms with Crippen LogP contribution >= 0.6 is 0 Å². The zero-order valence-electron chi connectivity index (χ0n) is 24.9. The van der Waals surface area contributed by atoms with Gasteiger partial charge in [-0.25, -0.2) is 9.78 Å². The van der Waals surface area contributed by atoms with Gasteiger partial charge in [-0.15, -0.1) is 0 Å². The number of anilines is 6. The van der Waals surface area contributed by atoms with Gasteiger partial charge >= 0.3 is 6.09 Å². The lowest BCUT2D eigenvalue weighted by atomic mass is 9.96. The Balaban J connectivity index is 1.19. The number of fused-ring (bicyclic) bond motifs is 1. The second-order valence-electron chi connectivity index (χ2n) is 10.8. The number of aromatic nitrogens is 4. The molecule has 1 aliphatic rings. The van der Waals surface area contributed by atoms with Crippen LogP contribution in [0.2, 0.25) is 0 Å². The van der Waals surface area contributed by atoms with Crippen molar-refractivity contribution in [3.63, 3.8) is 0 Å². The maximum Gasteiger partial charge on any atom is 0.410 e. The minimum absolute atomic E-state index is 0.265. The number of hydrogen-bond acceptors (Lipinski definition) is 9. The molecule has 1 fully saturated rings. The van der Waals surface area contributed by atoms with Gasteiger partial charge in [-0.3, -0.25) is 9.89 Å². The van der Waals surface area contributed by atoms with Gasteiger partial charge in [0.05, 0.1) is 28.8 Å². The number of hydrogen-bond donors (Lipinski definition) is 4. The van der Waals surface area contributed by atoms with Crippen molar-refractivity contribution in [2.75, 3.05) is 47.5 Å². The van der Waals surface area contributed by atoms with Gasteiger partial charge in [0.15, 0.2) is 0 Å². The fourth-order valence-corrected chi connectivity index (χ4v) is 5.58. The highest BCUT2D eigenvalue weighted by Crippen LogP contribution is 2.34. The minimum Gasteiger partial charge on any atom is -0.445 e. The normalized spacial score (nSPS) is 13.3. The van der Waals surface area contributed by atoms with Crippen LogP contribution in [-0.4, -0.2) is 64.3 Å². The van der Waals surface area contributed by atoms with Gasteiger partial charge in [0, 0.05) is 44.0 Å². The maximum atomic E-state index is 12.8. The molecule has 1 saturated heterocycles. The van der Waals surface area contributed by atoms with E-state index < -0.39 is 0 Å². The van der Waals surface area contributed by atoms with Crippen LogP contribution in [0.4, 0.5) is 39.3 Å². The summed E-state index contributed by atoms with van der Waals surface area (Å²) < 4.78 is 5.58. The lowest BCUT2D eigenvalue weighted by Gasteiger charge is -2.35. The van der Waals surface area contributed by atoms with Crippen molar-refractivity contribution in [2.45, 2.75) is 19.4 Å². The third-order valence-electron chi connectivity index (χ3n) is 7.95. The number of nitrogens with zero attached hydrogens (tertiary/aromatic N) is 5. The van der Waals surface area contributed by atoms with Crippen molar-refractivity contribution in [1.82, 2.24) is 25.1 Å². The number of amides is 2. The summed E-state index contributed by atoms with van der Waals surface area (Å²) >= 11 is 0. The van der Waals surface area contributed by atoms with E-state index in [9.17, 15) is 9.59 Å². The van der Waals surface area contributed by atoms with Crippen LogP contribution in [-0.2, 0) is 16.1 Å². The molecule has 3 heterocycles. The van der Waals surface area contributed by atoms with Gasteiger partial charge < -0.3 is 30.5 Å². The lowest BCUT2D eigenvalue weighted by Crippen LogP contribution is -2.41. The summed E-state index contributed by atoms with van der Waals surface area (Å²) in [6, 6.07) is 23.2. The number of rotatable bonds is 11. The molecule has 0 bridgehead atoms. The highest BCUT2D eigenvalue weighted by molar-refractivity contribution is 5.93. The van der Waals surface area contributed by atoms with E-state index in [0.29, 0.717) is 43.6 Å². The van der Waals surface area contributed by atoms with Crippen molar-refractivity contribution in [3.8, 4) is 0 Å². The Bertz CT molecular complexity index is 1750. The van der Waals surface area contributed by atoms with Gasteiger partial charge in [0.2, 0.25) is 12.4 Å². The molecule has 0 atom stereocenters. The molecule has 6 rings (SSSR count). The topological polar surface area (TPSA) is 140 Å². The maximum absolute atomic E-state index is 12.8. The predicted molar refractivity (Wildman–Crippen MR) is 175 cm³/mol. The van der Waals surface area contributed by atoms with E-state index in [4.69, 9.17) is 9.72 Å². The predicted octanol–water partition coefficient (Wildman–Crippen LogP) is 5.89. The summed E-state index contributed by atoms with van der Waals surface area (Å²) in [7, 11) is 1.79. The summed E-state index contributed by atoms with van der Waals surface area (Å²) in [5, 5.41) is 17.4. The number of benzene rings is 3. The Morgan fingerprint density at radius 1 is 1.07 bits per heavy atom. The van der Waals surface area contributed by atoms with Gasteiger partial charge in [-0.05, 0) is 60.7 Å². The number of ether oxygens (including phenoxy) is 1. The number of aromatic amines is 1. The van der Waals surface area contributed by atoms with Crippen LogP contribution in [0.15, 0.2) is 85.2 Å². The van der Waals surface area contributed by atoms with Crippen molar-refractivity contribution < 1.29 is 14.3 Å². The summed E-state index contributed by atoms with van der Waals surface area (Å²) in [4.78, 5) is 37.2. The van der Waals surface area contributed by atoms with Crippen molar-refractivity contribution in [3.05, 3.63) is 90.8 Å². The standard InChI is InChI=1S/C33H35N9O3/c1-34-28-11-10-25(18-29(28)36-22-43)38-32-35-15-12-31(39-32)42(30-9-5-8-27-26(30)19-37-40-27)20-23-13-16-41(17-14-23)33(44)45-21-24-6-3-2-4-7-24/h2-12,15,18-19,22-23,34H,13-14,16-17,20-21H2,1H3,(H,36,43)(H,37,40)(H,35,38,39). The van der Waals surface area contributed by atoms with Crippen LogP contribution in [0.25, 0.3) is 10.9 Å². The second kappa shape index (κ2) is 13.8. The third kappa shape index (κ3) is 6.96. The zero-order chi connectivity index (χ0) is 31.0. The van der Waals surface area contributed by atoms with Gasteiger partial charge in [0.1, 0.15) is 12.4 Å². The largest absolute Gasteiger partial charge is 0.445 e. The van der Waals surface area contributed by atoms with Crippen LogP contribution in [0.3, 0.4) is 0 Å². The second-order valence-corrected chi connectivity index (χ2v) is 10.8. The molecule has 0 saturated carbocycles. The first-order chi connectivity index (χ1) is 22.1. The number of H-pyrrole nitrogens is 1. The average Bonchev–Trinajstić information content (AvgIpc) is 3.57. The molecule has 2 aromatic heterocycles. The Morgan fingerprint density at radius 2 is 1.91 bits per heavy atom. The van der Waals surface area contributed by atoms with Crippen molar-refractivity contribution >= 4 is 57.9 Å². The third-order valence-corrected chi connectivity index (χ3v) is 7.95. The molecule has 45 heavy (non-hydrogen) atoms. The molecule has 4 N–H and O–H groups in total. The molecular formula is C33H35N9O3. The van der Waals surface area contributed by atoms with Crippen LogP contribution in [0, 0.1) is 5.92 Å². The number of nitrogens with one attached hydrogen (secondary N) is 4. The summed E-state index contributed by atoms with van der Waals surface area (Å²) in [5.74, 6) is 1.45. The molecule has 230 valence electrons. The molecule has 0 spiro atoms. The number of carbonyl (C=O) groups excluding carboxylic acids is 2. The Kier molecular flexibility index (Phi) is 9.00. The minimum atomic E-state index is -0.280. The van der Waals surface area contributed by atoms with E-state index in [2.05, 4.69) is 42.1 Å². The highest BCUT2D eigenvalue weighted by atomic mass is 16.6. The van der Waals surface area contributed by atoms with E-state index in [1.807, 2.05) is 72.9 Å². The smallest absolute Gasteiger partial charge is 0.410 e. The first-order valence-electron chi connectivity index (χ1n) is 14.9. The fraction of sp³-hybridized carbons (Fsp3) is 0.242. The van der Waals surface area contributed by atoms with E-state index in [1.165, 1.54) is 0 Å². The Labute approximate surface area is 260 Å². The zero-order valence-corrected chi connectivity index (χ0v) is 24.9. The number of carbonyl (C=O) groups is 2. The van der Waals surface area contributed by atoms with Gasteiger partial charge in [-0.1, -0.05) is 36.4 Å². The molecule has 0 unspecified atom stereocenters. The lowest BCUT2D eigenvalue weighted by molar-refractivity contribution is -0.105. The monoisotopic (exact) mass is 605 g/mol. The molecular weight excluding hydrogens is 570 g/mol. The van der Waals surface area contributed by atoms with E-state index in [1.54, 1.807) is 18.1 Å². The molecule has 0 radical (unpaired) electrons. The van der Waals surface area contributed by atoms with Crippen LogP contribution in [0.5, 0.6) is 0 Å². The molecule has 5 aromatic rings. The summed E-state index contributed by atoms with van der Waals surface area (Å²) in [5.41, 5.74) is 5.03. The van der Waals surface area contributed by atoms with Crippen molar-refractivity contribution in [2.24, 2.45) is 5.92 Å².